The lowest BCUT2D eigenvalue weighted by atomic mass is 10.2. The summed E-state index contributed by atoms with van der Waals surface area (Å²) in [5.74, 6) is 0.157. The van der Waals surface area contributed by atoms with Crippen LogP contribution in [0.5, 0.6) is 5.75 Å². The van der Waals surface area contributed by atoms with Crippen LogP contribution in [0, 0.1) is 10.6 Å². The Kier molecular flexibility index (Phi) is 3.77. The summed E-state index contributed by atoms with van der Waals surface area (Å²) in [4.78, 5) is 2.97. The fraction of sp³-hybridized carbons (Fsp3) is 0.0714. The zero-order valence-electron chi connectivity index (χ0n) is 10.8. The Balaban J connectivity index is 2.40. The van der Waals surface area contributed by atoms with Crippen LogP contribution >= 0.6 is 39.7 Å². The maximum atomic E-state index is 13.6. The van der Waals surface area contributed by atoms with Gasteiger partial charge in [0.15, 0.2) is 4.77 Å². The molecule has 0 amide bonds. The first-order valence-corrected chi connectivity index (χ1v) is 7.53. The van der Waals surface area contributed by atoms with Gasteiger partial charge in [-0.2, -0.15) is 0 Å². The summed E-state index contributed by atoms with van der Waals surface area (Å²) in [5.41, 5.74) is 2.00. The van der Waals surface area contributed by atoms with Crippen LogP contribution in [0.25, 0.3) is 16.7 Å². The van der Waals surface area contributed by atoms with Crippen molar-refractivity contribution < 1.29 is 9.13 Å². The maximum Gasteiger partial charge on any atom is 0.182 e. The van der Waals surface area contributed by atoms with Crippen molar-refractivity contribution in [1.82, 2.24) is 9.55 Å². The highest BCUT2D eigenvalue weighted by molar-refractivity contribution is 9.10. The van der Waals surface area contributed by atoms with Gasteiger partial charge in [0.25, 0.3) is 0 Å². The number of rotatable bonds is 2. The molecule has 3 aromatic rings. The lowest BCUT2D eigenvalue weighted by Gasteiger charge is -2.11. The van der Waals surface area contributed by atoms with E-state index in [1.807, 2.05) is 18.2 Å². The molecule has 0 aliphatic carbocycles. The van der Waals surface area contributed by atoms with Gasteiger partial charge in [-0.15, -0.1) is 0 Å². The van der Waals surface area contributed by atoms with Crippen molar-refractivity contribution in [3.8, 4) is 11.4 Å². The van der Waals surface area contributed by atoms with Crippen molar-refractivity contribution in [2.45, 2.75) is 0 Å². The van der Waals surface area contributed by atoms with Gasteiger partial charge in [0.2, 0.25) is 0 Å². The van der Waals surface area contributed by atoms with Gasteiger partial charge in [0.05, 0.1) is 28.9 Å². The summed E-state index contributed by atoms with van der Waals surface area (Å²) < 4.78 is 22.0. The van der Waals surface area contributed by atoms with E-state index in [1.165, 1.54) is 6.07 Å². The highest BCUT2D eigenvalue weighted by Crippen LogP contribution is 2.31. The van der Waals surface area contributed by atoms with Crippen molar-refractivity contribution in [2.75, 3.05) is 7.11 Å². The molecule has 0 atom stereocenters. The lowest BCUT2D eigenvalue weighted by Crippen LogP contribution is -1.98. The monoisotopic (exact) mass is 386 g/mol. The van der Waals surface area contributed by atoms with E-state index >= 15 is 0 Å². The molecule has 21 heavy (non-hydrogen) atoms. The summed E-state index contributed by atoms with van der Waals surface area (Å²) in [6.07, 6.45) is 0. The van der Waals surface area contributed by atoms with Crippen molar-refractivity contribution in [3.05, 3.63) is 50.4 Å². The van der Waals surface area contributed by atoms with E-state index in [1.54, 1.807) is 17.7 Å². The van der Waals surface area contributed by atoms with Crippen LogP contribution in [0.3, 0.4) is 0 Å². The molecule has 0 aliphatic rings. The van der Waals surface area contributed by atoms with Gasteiger partial charge in [-0.1, -0.05) is 27.5 Å². The minimum atomic E-state index is -0.492. The number of ether oxygens (including phenoxy) is 1. The van der Waals surface area contributed by atoms with Crippen LogP contribution in [0.1, 0.15) is 0 Å². The number of halogens is 3. The molecule has 7 heteroatoms. The molecule has 1 heterocycles. The number of hydrogen-bond donors (Lipinski definition) is 1. The molecule has 1 N–H and O–H groups in total. The quantitative estimate of drug-likeness (QED) is 0.609. The molecule has 108 valence electrons. The predicted molar refractivity (Wildman–Crippen MR) is 87.7 cm³/mol. The number of nitrogens with zero attached hydrogens (tertiary/aromatic N) is 1. The Morgan fingerprint density at radius 3 is 2.81 bits per heavy atom. The Labute approximate surface area is 138 Å². The largest absolute Gasteiger partial charge is 0.495 e. The average molecular weight is 388 g/mol. The number of benzene rings is 2. The summed E-state index contributed by atoms with van der Waals surface area (Å²) in [5, 5.41) is 0.0409. The summed E-state index contributed by atoms with van der Waals surface area (Å²) in [6, 6.07) is 8.44. The Bertz CT molecular complexity index is 906. The standard InChI is InChI=1S/C14H9BrClFN2OS/c1-20-13-3-2-7(15)4-12(13)19-11-5-8(16)9(17)6-10(11)18-14(19)21/h2-6H,1H3,(H,18,21). The number of hydrogen-bond acceptors (Lipinski definition) is 2. The van der Waals surface area contributed by atoms with Gasteiger partial charge in [0.1, 0.15) is 11.6 Å². The summed E-state index contributed by atoms with van der Waals surface area (Å²) in [7, 11) is 1.58. The fourth-order valence-electron chi connectivity index (χ4n) is 2.18. The van der Waals surface area contributed by atoms with Crippen molar-refractivity contribution in [2.24, 2.45) is 0 Å². The smallest absolute Gasteiger partial charge is 0.182 e. The van der Waals surface area contributed by atoms with Crippen molar-refractivity contribution in [1.29, 1.82) is 0 Å². The molecule has 0 radical (unpaired) electrons. The lowest BCUT2D eigenvalue weighted by molar-refractivity contribution is 0.413. The minimum absolute atomic E-state index is 0.0409. The highest BCUT2D eigenvalue weighted by atomic mass is 79.9. The molecular formula is C14H9BrClFN2OS. The third-order valence-electron chi connectivity index (χ3n) is 3.11. The van der Waals surface area contributed by atoms with Gasteiger partial charge in [0, 0.05) is 10.5 Å². The molecule has 0 saturated carbocycles. The molecule has 2 aromatic carbocycles. The van der Waals surface area contributed by atoms with Crippen LogP contribution in [0.4, 0.5) is 4.39 Å². The molecule has 1 aromatic heterocycles. The van der Waals surface area contributed by atoms with Gasteiger partial charge in [-0.05, 0) is 36.5 Å². The van der Waals surface area contributed by atoms with Gasteiger partial charge < -0.3 is 9.72 Å². The topological polar surface area (TPSA) is 29.9 Å². The van der Waals surface area contributed by atoms with Crippen LogP contribution in [-0.4, -0.2) is 16.7 Å². The molecule has 0 bridgehead atoms. The van der Waals surface area contributed by atoms with E-state index in [-0.39, 0.29) is 5.02 Å². The van der Waals surface area contributed by atoms with Gasteiger partial charge in [-0.3, -0.25) is 4.57 Å². The van der Waals surface area contributed by atoms with Gasteiger partial charge in [-0.25, -0.2) is 4.39 Å². The molecular weight excluding hydrogens is 379 g/mol. The first-order valence-electron chi connectivity index (χ1n) is 5.95. The summed E-state index contributed by atoms with van der Waals surface area (Å²) in [6.45, 7) is 0. The maximum absolute atomic E-state index is 13.6. The molecule has 3 nitrogen and oxygen atoms in total. The first kappa shape index (κ1) is 14.6. The van der Waals surface area contributed by atoms with Gasteiger partial charge >= 0.3 is 0 Å². The number of H-pyrrole nitrogens is 1. The summed E-state index contributed by atoms with van der Waals surface area (Å²) >= 11 is 14.7. The number of imidazole rings is 1. The predicted octanol–water partition coefficient (Wildman–Crippen LogP) is 5.25. The van der Waals surface area contributed by atoms with Crippen molar-refractivity contribution >= 4 is 50.8 Å². The van der Waals surface area contributed by atoms with E-state index < -0.39 is 5.82 Å². The molecule has 0 saturated heterocycles. The normalized spacial score (nSPS) is 11.0. The van der Waals surface area contributed by atoms with Crippen LogP contribution in [0.15, 0.2) is 34.8 Å². The Hall–Kier alpha value is -1.37. The zero-order valence-corrected chi connectivity index (χ0v) is 13.9. The Morgan fingerprint density at radius 2 is 2.10 bits per heavy atom. The minimum Gasteiger partial charge on any atom is -0.495 e. The number of methoxy groups -OCH3 is 1. The molecule has 0 unspecified atom stereocenters. The Morgan fingerprint density at radius 1 is 1.33 bits per heavy atom. The average Bonchev–Trinajstić information content (AvgIpc) is 2.74. The van der Waals surface area contributed by atoms with E-state index in [0.717, 1.165) is 10.2 Å². The number of aromatic nitrogens is 2. The van der Waals surface area contributed by atoms with E-state index in [4.69, 9.17) is 28.6 Å². The SMILES string of the molecule is COc1ccc(Br)cc1-n1c(=S)[nH]c2cc(F)c(Cl)cc21. The fourth-order valence-corrected chi connectivity index (χ4v) is 2.99. The third kappa shape index (κ3) is 2.47. The second kappa shape index (κ2) is 5.44. The van der Waals surface area contributed by atoms with E-state index in [2.05, 4.69) is 20.9 Å². The highest BCUT2D eigenvalue weighted by Gasteiger charge is 2.14. The van der Waals surface area contributed by atoms with Crippen LogP contribution in [-0.2, 0) is 0 Å². The molecule has 3 rings (SSSR count). The molecule has 0 spiro atoms. The number of aromatic amines is 1. The number of fused-ring (bicyclic) bond motifs is 1. The van der Waals surface area contributed by atoms with E-state index in [0.29, 0.717) is 21.6 Å². The second-order valence-electron chi connectivity index (χ2n) is 4.37. The van der Waals surface area contributed by atoms with Crippen molar-refractivity contribution in [3.63, 3.8) is 0 Å². The molecule has 0 fully saturated rings. The number of nitrogens with one attached hydrogen (secondary N) is 1. The van der Waals surface area contributed by atoms with Crippen LogP contribution < -0.4 is 4.74 Å². The first-order chi connectivity index (χ1) is 10.0. The molecule has 0 aliphatic heterocycles. The van der Waals surface area contributed by atoms with E-state index in [9.17, 15) is 4.39 Å². The second-order valence-corrected chi connectivity index (χ2v) is 6.07. The van der Waals surface area contributed by atoms with Crippen LogP contribution in [0.2, 0.25) is 5.02 Å². The third-order valence-corrected chi connectivity index (χ3v) is 4.17. The zero-order chi connectivity index (χ0) is 15.1.